The number of unbranched alkanes of at least 4 members (excludes halogenated alkanes) is 1. The zero-order valence-corrected chi connectivity index (χ0v) is 13.4. The van der Waals surface area contributed by atoms with E-state index in [-0.39, 0.29) is 12.7 Å². The summed E-state index contributed by atoms with van der Waals surface area (Å²) >= 11 is 0. The van der Waals surface area contributed by atoms with Gasteiger partial charge in [-0.15, -0.1) is 0 Å². The molecule has 0 aliphatic heterocycles. The Hall–Kier alpha value is -1.50. The molecule has 2 amide bonds. The summed E-state index contributed by atoms with van der Waals surface area (Å²) in [7, 11) is 0. The number of carbonyl (C=O) groups excluding carboxylic acids is 2. The Morgan fingerprint density at radius 3 is 2.33 bits per heavy atom. The van der Waals surface area contributed by atoms with Crippen molar-refractivity contribution >= 4 is 12.2 Å². The zero-order valence-electron chi connectivity index (χ0n) is 13.4. The van der Waals surface area contributed by atoms with Crippen LogP contribution in [-0.4, -0.2) is 53.6 Å². The fraction of sp³-hybridized carbons (Fsp3) is 0.857. The third kappa shape index (κ3) is 10.9. The molecule has 0 radical (unpaired) electrons. The number of nitrogens with zero attached hydrogens (tertiary/aromatic N) is 1. The lowest BCUT2D eigenvalue weighted by molar-refractivity contribution is 0.0216. The molecule has 1 atom stereocenters. The van der Waals surface area contributed by atoms with Gasteiger partial charge in [-0.05, 0) is 40.5 Å². The molecule has 0 unspecified atom stereocenters. The van der Waals surface area contributed by atoms with Gasteiger partial charge in [-0.1, -0.05) is 0 Å². The highest BCUT2D eigenvalue weighted by Crippen LogP contribution is 2.12. The van der Waals surface area contributed by atoms with Gasteiger partial charge in [-0.3, -0.25) is 0 Å². The molecule has 0 aliphatic rings. The standard InChI is InChI=1S/C14H28N2O5/c1-11(20-12(15)18)7-9-16(8-5-6-10-17)13(19)21-14(2,3)4/h11,17H,5-10H2,1-4H3,(H2,15,18)/t11-/m1/s1. The topological polar surface area (TPSA) is 102 Å². The van der Waals surface area contributed by atoms with Crippen molar-refractivity contribution in [3.05, 3.63) is 0 Å². The van der Waals surface area contributed by atoms with Gasteiger partial charge in [-0.2, -0.15) is 0 Å². The summed E-state index contributed by atoms with van der Waals surface area (Å²) in [6.07, 6.45) is 0.165. The maximum Gasteiger partial charge on any atom is 0.410 e. The Labute approximate surface area is 126 Å². The van der Waals surface area contributed by atoms with Gasteiger partial charge in [0.25, 0.3) is 0 Å². The van der Waals surface area contributed by atoms with E-state index in [1.807, 2.05) is 0 Å². The number of hydrogen-bond donors (Lipinski definition) is 2. The van der Waals surface area contributed by atoms with Crippen molar-refractivity contribution in [1.82, 2.24) is 4.90 Å². The van der Waals surface area contributed by atoms with Gasteiger partial charge in [-0.25, -0.2) is 9.59 Å². The van der Waals surface area contributed by atoms with Crippen molar-refractivity contribution in [3.8, 4) is 0 Å². The summed E-state index contributed by atoms with van der Waals surface area (Å²) in [6, 6.07) is 0. The van der Waals surface area contributed by atoms with Crippen molar-refractivity contribution in [1.29, 1.82) is 0 Å². The Balaban J connectivity index is 4.44. The van der Waals surface area contributed by atoms with Crippen molar-refractivity contribution in [2.75, 3.05) is 19.7 Å². The number of primary amides is 1. The molecule has 0 rings (SSSR count). The predicted octanol–water partition coefficient (Wildman–Crippen LogP) is 1.87. The van der Waals surface area contributed by atoms with Gasteiger partial charge < -0.3 is 25.2 Å². The van der Waals surface area contributed by atoms with Crippen LogP contribution < -0.4 is 5.73 Å². The first-order valence-corrected chi connectivity index (χ1v) is 7.20. The number of nitrogens with two attached hydrogens (primary N) is 1. The maximum atomic E-state index is 12.1. The van der Waals surface area contributed by atoms with Gasteiger partial charge in [0.15, 0.2) is 0 Å². The first-order chi connectivity index (χ1) is 9.65. The third-order valence-corrected chi connectivity index (χ3v) is 2.61. The van der Waals surface area contributed by atoms with E-state index in [1.165, 1.54) is 0 Å². The van der Waals surface area contributed by atoms with Crippen molar-refractivity contribution in [2.24, 2.45) is 5.73 Å². The number of aliphatic hydroxyl groups excluding tert-OH is 1. The molecule has 7 nitrogen and oxygen atoms in total. The van der Waals surface area contributed by atoms with Crippen LogP contribution in [0.15, 0.2) is 0 Å². The van der Waals surface area contributed by atoms with E-state index in [0.29, 0.717) is 32.4 Å². The fourth-order valence-corrected chi connectivity index (χ4v) is 1.63. The van der Waals surface area contributed by atoms with Gasteiger partial charge in [0.1, 0.15) is 11.7 Å². The van der Waals surface area contributed by atoms with E-state index in [4.69, 9.17) is 20.3 Å². The number of aliphatic hydroxyl groups is 1. The molecule has 0 bridgehead atoms. The summed E-state index contributed by atoms with van der Waals surface area (Å²) < 4.78 is 10.2. The molecule has 0 heterocycles. The second-order valence-electron chi connectivity index (χ2n) is 5.93. The lowest BCUT2D eigenvalue weighted by Crippen LogP contribution is -2.39. The monoisotopic (exact) mass is 304 g/mol. The van der Waals surface area contributed by atoms with Gasteiger partial charge >= 0.3 is 12.2 Å². The zero-order chi connectivity index (χ0) is 16.5. The van der Waals surface area contributed by atoms with E-state index >= 15 is 0 Å². The molecule has 0 saturated heterocycles. The lowest BCUT2D eigenvalue weighted by atomic mass is 10.2. The highest BCUT2D eigenvalue weighted by Gasteiger charge is 2.22. The van der Waals surface area contributed by atoms with Gasteiger partial charge in [0, 0.05) is 26.1 Å². The normalized spacial score (nSPS) is 12.6. The number of amides is 2. The second kappa shape index (κ2) is 9.44. The fourth-order valence-electron chi connectivity index (χ4n) is 1.63. The van der Waals surface area contributed by atoms with Crippen LogP contribution in [0.25, 0.3) is 0 Å². The molecule has 0 aromatic carbocycles. The molecule has 0 fully saturated rings. The number of carbonyl (C=O) groups is 2. The quantitative estimate of drug-likeness (QED) is 0.666. The first-order valence-electron chi connectivity index (χ1n) is 7.20. The van der Waals surface area contributed by atoms with E-state index in [9.17, 15) is 9.59 Å². The van der Waals surface area contributed by atoms with E-state index in [0.717, 1.165) is 0 Å². The summed E-state index contributed by atoms with van der Waals surface area (Å²) in [4.78, 5) is 24.3. The molecule has 21 heavy (non-hydrogen) atoms. The summed E-state index contributed by atoms with van der Waals surface area (Å²) in [5, 5.41) is 8.82. The Morgan fingerprint density at radius 2 is 1.86 bits per heavy atom. The Bertz CT molecular complexity index is 328. The molecule has 0 aliphatic carbocycles. The molecule has 0 spiro atoms. The van der Waals surface area contributed by atoms with Crippen LogP contribution in [-0.2, 0) is 9.47 Å². The van der Waals surface area contributed by atoms with Crippen molar-refractivity contribution in [2.45, 2.75) is 58.7 Å². The summed E-state index contributed by atoms with van der Waals surface area (Å²) in [5.41, 5.74) is 4.38. The highest BCUT2D eigenvalue weighted by molar-refractivity contribution is 5.68. The average Bonchev–Trinajstić information content (AvgIpc) is 2.30. The van der Waals surface area contributed by atoms with Crippen LogP contribution in [0.3, 0.4) is 0 Å². The third-order valence-electron chi connectivity index (χ3n) is 2.61. The van der Waals surface area contributed by atoms with Crippen LogP contribution in [0.5, 0.6) is 0 Å². The minimum atomic E-state index is -0.827. The molecular formula is C14H28N2O5. The summed E-state index contributed by atoms with van der Waals surface area (Å²) in [6.45, 7) is 8.09. The van der Waals surface area contributed by atoms with Crippen LogP contribution >= 0.6 is 0 Å². The molecular weight excluding hydrogens is 276 g/mol. The predicted molar refractivity (Wildman–Crippen MR) is 78.9 cm³/mol. The average molecular weight is 304 g/mol. The molecule has 3 N–H and O–H groups in total. The number of ether oxygens (including phenoxy) is 2. The molecule has 0 aromatic heterocycles. The number of rotatable bonds is 8. The smallest absolute Gasteiger partial charge is 0.410 e. The van der Waals surface area contributed by atoms with E-state index in [2.05, 4.69) is 0 Å². The molecule has 124 valence electrons. The van der Waals surface area contributed by atoms with Gasteiger partial charge in [0.2, 0.25) is 0 Å². The maximum absolute atomic E-state index is 12.1. The molecule has 7 heteroatoms. The Kier molecular flexibility index (Phi) is 8.76. The first kappa shape index (κ1) is 19.5. The van der Waals surface area contributed by atoms with Crippen LogP contribution in [0.4, 0.5) is 9.59 Å². The summed E-state index contributed by atoms with van der Waals surface area (Å²) in [5.74, 6) is 0. The van der Waals surface area contributed by atoms with Gasteiger partial charge in [0.05, 0.1) is 0 Å². The Morgan fingerprint density at radius 1 is 1.24 bits per heavy atom. The molecule has 0 saturated carbocycles. The van der Waals surface area contributed by atoms with E-state index < -0.39 is 17.8 Å². The van der Waals surface area contributed by atoms with Crippen molar-refractivity contribution in [3.63, 3.8) is 0 Å². The SMILES string of the molecule is C[C@H](CCN(CCCCO)C(=O)OC(C)(C)C)OC(N)=O. The lowest BCUT2D eigenvalue weighted by Gasteiger charge is -2.28. The minimum Gasteiger partial charge on any atom is -0.447 e. The highest BCUT2D eigenvalue weighted by atomic mass is 16.6. The van der Waals surface area contributed by atoms with Crippen LogP contribution in [0.2, 0.25) is 0 Å². The van der Waals surface area contributed by atoms with Crippen LogP contribution in [0, 0.1) is 0 Å². The van der Waals surface area contributed by atoms with E-state index in [1.54, 1.807) is 32.6 Å². The second-order valence-corrected chi connectivity index (χ2v) is 5.93. The molecule has 0 aromatic rings. The largest absolute Gasteiger partial charge is 0.447 e. The number of hydrogen-bond acceptors (Lipinski definition) is 5. The minimum absolute atomic E-state index is 0.0867. The van der Waals surface area contributed by atoms with Crippen LogP contribution in [0.1, 0.15) is 47.0 Å². The van der Waals surface area contributed by atoms with Crippen molar-refractivity contribution < 1.29 is 24.2 Å².